The molecule has 2 aromatic carbocycles. The lowest BCUT2D eigenvalue weighted by atomic mass is 10.1. The zero-order valence-corrected chi connectivity index (χ0v) is 17.8. The Balaban J connectivity index is 1.45. The predicted octanol–water partition coefficient (Wildman–Crippen LogP) is 4.31. The zero-order valence-electron chi connectivity index (χ0n) is 16.2. The van der Waals surface area contributed by atoms with Gasteiger partial charge in [-0.25, -0.2) is 0 Å². The van der Waals surface area contributed by atoms with Crippen LogP contribution in [0, 0.1) is 0 Å². The van der Waals surface area contributed by atoms with Crippen LogP contribution in [0.25, 0.3) is 0 Å². The highest BCUT2D eigenvalue weighted by Crippen LogP contribution is 2.27. The van der Waals surface area contributed by atoms with Crippen molar-refractivity contribution in [2.75, 3.05) is 32.6 Å². The molecule has 150 valence electrons. The molecule has 0 spiro atoms. The molecule has 5 nitrogen and oxygen atoms in total. The first-order valence-corrected chi connectivity index (χ1v) is 10.1. The van der Waals surface area contributed by atoms with Crippen molar-refractivity contribution in [3.63, 3.8) is 0 Å². The van der Waals surface area contributed by atoms with Gasteiger partial charge < -0.3 is 25.0 Å². The smallest absolute Gasteiger partial charge is 0.171 e. The lowest BCUT2D eigenvalue weighted by molar-refractivity contribution is 0.114. The van der Waals surface area contributed by atoms with Crippen LogP contribution in [0.15, 0.2) is 42.5 Å². The summed E-state index contributed by atoms with van der Waals surface area (Å²) in [5.41, 5.74) is 1.94. The van der Waals surface area contributed by atoms with Gasteiger partial charge in [-0.3, -0.25) is 0 Å². The fraction of sp³-hybridized carbons (Fsp3) is 0.381. The first-order valence-electron chi connectivity index (χ1n) is 9.36. The number of likely N-dealkylation sites (tertiary alicyclic amines) is 1. The van der Waals surface area contributed by atoms with Crippen LogP contribution in [0.4, 0.5) is 5.69 Å². The van der Waals surface area contributed by atoms with E-state index in [1.807, 2.05) is 18.2 Å². The van der Waals surface area contributed by atoms with Crippen LogP contribution in [-0.4, -0.2) is 43.4 Å². The number of nitrogens with one attached hydrogen (secondary N) is 2. The largest absolute Gasteiger partial charge is 0.495 e. The molecule has 0 radical (unpaired) electrons. The van der Waals surface area contributed by atoms with E-state index in [4.69, 9.17) is 33.3 Å². The third-order valence-electron chi connectivity index (χ3n) is 4.75. The monoisotopic (exact) mass is 419 g/mol. The normalized spacial score (nSPS) is 15.1. The molecule has 0 unspecified atom stereocenters. The van der Waals surface area contributed by atoms with Crippen molar-refractivity contribution in [2.24, 2.45) is 0 Å². The number of methoxy groups -OCH3 is 1. The lowest BCUT2D eigenvalue weighted by Gasteiger charge is -2.29. The van der Waals surface area contributed by atoms with E-state index in [0.29, 0.717) is 28.5 Å². The molecule has 7 heteroatoms. The number of nitrogens with zero attached hydrogens (tertiary/aromatic N) is 1. The molecule has 2 N–H and O–H groups in total. The number of halogens is 1. The van der Waals surface area contributed by atoms with E-state index in [1.165, 1.54) is 0 Å². The molecule has 2 aromatic rings. The molecule has 0 aliphatic carbocycles. The van der Waals surface area contributed by atoms with Crippen LogP contribution >= 0.6 is 23.8 Å². The average Bonchev–Trinajstić information content (AvgIpc) is 2.69. The number of thiocarbonyl (C=S) groups is 1. The Kier molecular flexibility index (Phi) is 7.36. The molecule has 3 rings (SSSR count). The molecule has 1 aliphatic heterocycles. The van der Waals surface area contributed by atoms with Crippen LogP contribution in [-0.2, 0) is 6.54 Å². The number of hydrogen-bond acceptors (Lipinski definition) is 4. The topological polar surface area (TPSA) is 45.8 Å². The molecule has 1 fully saturated rings. The Labute approximate surface area is 177 Å². The second kappa shape index (κ2) is 9.96. The molecule has 0 aromatic heterocycles. The Hall–Kier alpha value is -2.02. The van der Waals surface area contributed by atoms with Gasteiger partial charge in [0, 0.05) is 25.3 Å². The number of benzene rings is 2. The number of rotatable bonds is 6. The SMILES string of the molecule is COc1ccc(NC(=S)NCc2ccc(OC3CCN(C)CC3)cc2)cc1Cl. The Morgan fingerprint density at radius 2 is 1.89 bits per heavy atom. The van der Waals surface area contributed by atoms with Gasteiger partial charge in [-0.1, -0.05) is 23.7 Å². The molecule has 0 saturated carbocycles. The second-order valence-electron chi connectivity index (χ2n) is 6.92. The molecule has 1 aliphatic rings. The minimum Gasteiger partial charge on any atom is -0.495 e. The summed E-state index contributed by atoms with van der Waals surface area (Å²) in [7, 11) is 3.74. The maximum Gasteiger partial charge on any atom is 0.171 e. The minimum atomic E-state index is 0.313. The molecule has 0 atom stereocenters. The van der Waals surface area contributed by atoms with E-state index in [1.54, 1.807) is 19.2 Å². The predicted molar refractivity (Wildman–Crippen MR) is 119 cm³/mol. The van der Waals surface area contributed by atoms with Crippen molar-refractivity contribution in [3.05, 3.63) is 53.1 Å². The Morgan fingerprint density at radius 3 is 2.54 bits per heavy atom. The standard InChI is InChI=1S/C21H26ClN3O2S/c1-25-11-9-18(10-12-25)27-17-6-3-15(4-7-17)14-23-21(28)24-16-5-8-20(26-2)19(22)13-16/h3-8,13,18H,9-12,14H2,1-2H3,(H2,23,24,28). The van der Waals surface area contributed by atoms with Crippen LogP contribution < -0.4 is 20.1 Å². The molecule has 28 heavy (non-hydrogen) atoms. The summed E-state index contributed by atoms with van der Waals surface area (Å²) in [6.45, 7) is 2.82. The summed E-state index contributed by atoms with van der Waals surface area (Å²) in [6, 6.07) is 13.6. The molecule has 1 heterocycles. The summed E-state index contributed by atoms with van der Waals surface area (Å²) >= 11 is 11.5. The maximum absolute atomic E-state index is 6.13. The summed E-state index contributed by atoms with van der Waals surface area (Å²) in [5, 5.41) is 7.40. The third kappa shape index (κ3) is 5.99. The number of piperidine rings is 1. The first-order chi connectivity index (χ1) is 13.5. The average molecular weight is 420 g/mol. The van der Waals surface area contributed by atoms with Gasteiger partial charge in [0.05, 0.1) is 12.1 Å². The van der Waals surface area contributed by atoms with E-state index < -0.39 is 0 Å². The van der Waals surface area contributed by atoms with Gasteiger partial charge in [-0.2, -0.15) is 0 Å². The second-order valence-corrected chi connectivity index (χ2v) is 7.74. The fourth-order valence-corrected chi connectivity index (χ4v) is 3.53. The van der Waals surface area contributed by atoms with E-state index >= 15 is 0 Å². The minimum absolute atomic E-state index is 0.313. The molecule has 0 bridgehead atoms. The van der Waals surface area contributed by atoms with Crippen molar-refractivity contribution >= 4 is 34.6 Å². The van der Waals surface area contributed by atoms with Gasteiger partial charge in [0.15, 0.2) is 5.11 Å². The Morgan fingerprint density at radius 1 is 1.18 bits per heavy atom. The lowest BCUT2D eigenvalue weighted by Crippen LogP contribution is -2.35. The van der Waals surface area contributed by atoms with Gasteiger partial charge in [0.2, 0.25) is 0 Å². The van der Waals surface area contributed by atoms with Gasteiger partial charge in [0.1, 0.15) is 17.6 Å². The number of ether oxygens (including phenoxy) is 2. The molecular formula is C21H26ClN3O2S. The summed E-state index contributed by atoms with van der Waals surface area (Å²) in [5.74, 6) is 1.56. The van der Waals surface area contributed by atoms with Crippen molar-refractivity contribution < 1.29 is 9.47 Å². The van der Waals surface area contributed by atoms with Crippen LogP contribution in [0.3, 0.4) is 0 Å². The summed E-state index contributed by atoms with van der Waals surface area (Å²) in [4.78, 5) is 2.34. The third-order valence-corrected chi connectivity index (χ3v) is 5.30. The van der Waals surface area contributed by atoms with E-state index in [9.17, 15) is 0 Å². The number of anilines is 1. The molecule has 1 saturated heterocycles. The van der Waals surface area contributed by atoms with Crippen LogP contribution in [0.5, 0.6) is 11.5 Å². The fourth-order valence-electron chi connectivity index (χ4n) is 3.08. The van der Waals surface area contributed by atoms with E-state index in [0.717, 1.165) is 42.9 Å². The summed E-state index contributed by atoms with van der Waals surface area (Å²) < 4.78 is 11.2. The quantitative estimate of drug-likeness (QED) is 0.680. The van der Waals surface area contributed by atoms with Gasteiger partial charge in [0.25, 0.3) is 0 Å². The van der Waals surface area contributed by atoms with E-state index in [2.05, 4.69) is 34.7 Å². The van der Waals surface area contributed by atoms with Gasteiger partial charge in [-0.15, -0.1) is 0 Å². The van der Waals surface area contributed by atoms with Crippen molar-refractivity contribution in [3.8, 4) is 11.5 Å². The van der Waals surface area contributed by atoms with Crippen LogP contribution in [0.1, 0.15) is 18.4 Å². The van der Waals surface area contributed by atoms with Crippen LogP contribution in [0.2, 0.25) is 5.02 Å². The first kappa shape index (κ1) is 20.7. The Bertz CT molecular complexity index is 793. The van der Waals surface area contributed by atoms with Crippen molar-refractivity contribution in [1.82, 2.24) is 10.2 Å². The maximum atomic E-state index is 6.13. The highest BCUT2D eigenvalue weighted by molar-refractivity contribution is 7.80. The van der Waals surface area contributed by atoms with Crippen molar-refractivity contribution in [2.45, 2.75) is 25.5 Å². The highest BCUT2D eigenvalue weighted by Gasteiger charge is 2.17. The molecule has 0 amide bonds. The molecular weight excluding hydrogens is 394 g/mol. The number of hydrogen-bond donors (Lipinski definition) is 2. The highest BCUT2D eigenvalue weighted by atomic mass is 35.5. The van der Waals surface area contributed by atoms with Gasteiger partial charge >= 0.3 is 0 Å². The van der Waals surface area contributed by atoms with E-state index in [-0.39, 0.29) is 0 Å². The zero-order chi connectivity index (χ0) is 19.9. The van der Waals surface area contributed by atoms with Gasteiger partial charge in [-0.05, 0) is 68.0 Å². The van der Waals surface area contributed by atoms with Crippen molar-refractivity contribution in [1.29, 1.82) is 0 Å². The summed E-state index contributed by atoms with van der Waals surface area (Å²) in [6.07, 6.45) is 2.47.